The number of hydrogen-bond acceptors (Lipinski definition) is 4. The first-order valence-corrected chi connectivity index (χ1v) is 6.56. The van der Waals surface area contributed by atoms with Gasteiger partial charge in [-0.25, -0.2) is 4.98 Å². The fourth-order valence-corrected chi connectivity index (χ4v) is 2.28. The number of amides is 1. The summed E-state index contributed by atoms with van der Waals surface area (Å²) in [5.74, 6) is 2.21. The maximum Gasteiger partial charge on any atom is 0.240 e. The summed E-state index contributed by atoms with van der Waals surface area (Å²) in [4.78, 5) is 16.7. The number of nitrogens with zero attached hydrogens (tertiary/aromatic N) is 1. The van der Waals surface area contributed by atoms with E-state index in [1.807, 2.05) is 30.3 Å². The van der Waals surface area contributed by atoms with E-state index in [1.54, 1.807) is 6.20 Å². The molecule has 0 fully saturated rings. The number of nitrogens with one attached hydrogen (secondary N) is 2. The van der Waals surface area contributed by atoms with Crippen LogP contribution in [0.3, 0.4) is 0 Å². The van der Waals surface area contributed by atoms with Gasteiger partial charge < -0.3 is 10.6 Å². The molecule has 2 N–H and O–H groups in total. The zero-order valence-corrected chi connectivity index (χ0v) is 11.0. The van der Waals surface area contributed by atoms with Gasteiger partial charge >= 0.3 is 0 Å². The molecule has 0 radical (unpaired) electrons. The molecule has 0 aliphatic carbocycles. The van der Waals surface area contributed by atoms with Crippen molar-refractivity contribution in [1.82, 2.24) is 10.3 Å². The number of anilines is 1. The summed E-state index contributed by atoms with van der Waals surface area (Å²) in [6.07, 6.45) is 6.85. The van der Waals surface area contributed by atoms with Crippen LogP contribution < -0.4 is 10.6 Å². The van der Waals surface area contributed by atoms with Crippen molar-refractivity contribution in [1.29, 1.82) is 0 Å². The van der Waals surface area contributed by atoms with Crippen molar-refractivity contribution < 1.29 is 4.79 Å². The van der Waals surface area contributed by atoms with Crippen molar-refractivity contribution in [3.8, 4) is 22.8 Å². The van der Waals surface area contributed by atoms with E-state index in [1.165, 1.54) is 11.3 Å². The van der Waals surface area contributed by atoms with Gasteiger partial charge in [-0.15, -0.1) is 6.42 Å². The standard InChI is InChI=1S/C14H13N3OS/c1-2-8-15-13(18)10-17-14-16-9-12(19-14)11-6-4-3-5-7-11/h1,3-7,9H,8,10H2,(H,15,18)(H,16,17). The minimum atomic E-state index is -0.144. The molecular weight excluding hydrogens is 258 g/mol. The second-order valence-corrected chi connectivity index (χ2v) is 4.76. The van der Waals surface area contributed by atoms with Crippen molar-refractivity contribution in [3.05, 3.63) is 36.5 Å². The lowest BCUT2D eigenvalue weighted by atomic mass is 10.2. The van der Waals surface area contributed by atoms with Crippen LogP contribution in [0, 0.1) is 12.3 Å². The average Bonchev–Trinajstić information content (AvgIpc) is 2.93. The fourth-order valence-electron chi connectivity index (χ4n) is 1.46. The Morgan fingerprint density at radius 1 is 1.37 bits per heavy atom. The summed E-state index contributed by atoms with van der Waals surface area (Å²) >= 11 is 1.51. The Morgan fingerprint density at radius 3 is 2.89 bits per heavy atom. The smallest absolute Gasteiger partial charge is 0.240 e. The molecule has 0 aliphatic rings. The van der Waals surface area contributed by atoms with E-state index in [4.69, 9.17) is 6.42 Å². The molecule has 5 heteroatoms. The summed E-state index contributed by atoms with van der Waals surface area (Å²) in [6.45, 7) is 0.414. The van der Waals surface area contributed by atoms with Crippen LogP contribution >= 0.6 is 11.3 Å². The molecule has 19 heavy (non-hydrogen) atoms. The van der Waals surface area contributed by atoms with E-state index in [-0.39, 0.29) is 19.0 Å². The first-order chi connectivity index (χ1) is 9.29. The van der Waals surface area contributed by atoms with Crippen molar-refractivity contribution in [2.75, 3.05) is 18.4 Å². The molecule has 0 aliphatic heterocycles. The van der Waals surface area contributed by atoms with Crippen molar-refractivity contribution >= 4 is 22.4 Å². The van der Waals surface area contributed by atoms with Crippen LogP contribution in [-0.4, -0.2) is 24.0 Å². The Labute approximate surface area is 115 Å². The van der Waals surface area contributed by atoms with E-state index in [0.717, 1.165) is 15.6 Å². The molecule has 1 aromatic heterocycles. The van der Waals surface area contributed by atoms with Gasteiger partial charge in [0, 0.05) is 6.20 Å². The molecule has 2 aromatic rings. The van der Waals surface area contributed by atoms with Crippen LogP contribution in [-0.2, 0) is 4.79 Å². The number of carbonyl (C=O) groups is 1. The molecule has 1 heterocycles. The van der Waals surface area contributed by atoms with Gasteiger partial charge in [0.1, 0.15) is 0 Å². The normalized spacial score (nSPS) is 9.63. The lowest BCUT2D eigenvalue weighted by Crippen LogP contribution is -2.29. The number of rotatable bonds is 5. The summed E-state index contributed by atoms with van der Waals surface area (Å²) in [5, 5.41) is 6.27. The summed E-state index contributed by atoms with van der Waals surface area (Å²) in [5.41, 5.74) is 1.12. The molecule has 0 atom stereocenters. The number of carbonyl (C=O) groups excluding carboxylic acids is 1. The predicted octanol–water partition coefficient (Wildman–Crippen LogP) is 1.97. The van der Waals surface area contributed by atoms with Crippen molar-refractivity contribution in [2.24, 2.45) is 0 Å². The van der Waals surface area contributed by atoms with Gasteiger partial charge in [-0.3, -0.25) is 4.79 Å². The topological polar surface area (TPSA) is 54.0 Å². The van der Waals surface area contributed by atoms with E-state index < -0.39 is 0 Å². The fraction of sp³-hybridized carbons (Fsp3) is 0.143. The second kappa shape index (κ2) is 6.57. The number of benzene rings is 1. The number of aromatic nitrogens is 1. The third kappa shape index (κ3) is 3.83. The SMILES string of the molecule is C#CCNC(=O)CNc1ncc(-c2ccccc2)s1. The van der Waals surface area contributed by atoms with E-state index in [9.17, 15) is 4.79 Å². The highest BCUT2D eigenvalue weighted by Crippen LogP contribution is 2.28. The summed E-state index contributed by atoms with van der Waals surface area (Å²) in [7, 11) is 0. The highest BCUT2D eigenvalue weighted by Gasteiger charge is 2.05. The Kier molecular flexibility index (Phi) is 4.54. The molecule has 0 saturated carbocycles. The molecule has 0 saturated heterocycles. The first-order valence-electron chi connectivity index (χ1n) is 5.75. The van der Waals surface area contributed by atoms with Crippen LogP contribution in [0.1, 0.15) is 0 Å². The molecule has 0 unspecified atom stereocenters. The maximum absolute atomic E-state index is 11.4. The van der Waals surface area contributed by atoms with Gasteiger partial charge in [-0.05, 0) is 5.56 Å². The number of terminal acetylenes is 1. The Morgan fingerprint density at radius 2 is 2.16 bits per heavy atom. The monoisotopic (exact) mass is 271 g/mol. The van der Waals surface area contributed by atoms with Crippen LogP contribution in [0.4, 0.5) is 5.13 Å². The van der Waals surface area contributed by atoms with Gasteiger partial charge in [0.25, 0.3) is 0 Å². The summed E-state index contributed by atoms with van der Waals surface area (Å²) < 4.78 is 0. The van der Waals surface area contributed by atoms with E-state index in [0.29, 0.717) is 0 Å². The van der Waals surface area contributed by atoms with E-state index in [2.05, 4.69) is 21.5 Å². The molecule has 0 bridgehead atoms. The van der Waals surface area contributed by atoms with Crippen LogP contribution in [0.25, 0.3) is 10.4 Å². The first kappa shape index (κ1) is 13.1. The largest absolute Gasteiger partial charge is 0.352 e. The molecule has 1 amide bonds. The van der Waals surface area contributed by atoms with Crippen molar-refractivity contribution in [3.63, 3.8) is 0 Å². The highest BCUT2D eigenvalue weighted by molar-refractivity contribution is 7.18. The highest BCUT2D eigenvalue weighted by atomic mass is 32.1. The van der Waals surface area contributed by atoms with E-state index >= 15 is 0 Å². The van der Waals surface area contributed by atoms with Crippen LogP contribution in [0.5, 0.6) is 0 Å². The van der Waals surface area contributed by atoms with Crippen LogP contribution in [0.15, 0.2) is 36.5 Å². The Hall–Kier alpha value is -2.32. The lowest BCUT2D eigenvalue weighted by Gasteiger charge is -2.02. The van der Waals surface area contributed by atoms with Gasteiger partial charge in [-0.1, -0.05) is 47.6 Å². The third-order valence-electron chi connectivity index (χ3n) is 2.35. The lowest BCUT2D eigenvalue weighted by molar-refractivity contribution is -0.119. The zero-order valence-electron chi connectivity index (χ0n) is 10.2. The molecule has 4 nitrogen and oxygen atoms in total. The molecule has 2 rings (SSSR count). The summed E-state index contributed by atoms with van der Waals surface area (Å²) in [6, 6.07) is 9.98. The minimum Gasteiger partial charge on any atom is -0.352 e. The average molecular weight is 271 g/mol. The van der Waals surface area contributed by atoms with Gasteiger partial charge in [0.2, 0.25) is 5.91 Å². The number of thiazole rings is 1. The van der Waals surface area contributed by atoms with Crippen LogP contribution in [0.2, 0.25) is 0 Å². The molecule has 96 valence electrons. The molecular formula is C14H13N3OS. The van der Waals surface area contributed by atoms with Gasteiger partial charge in [0.05, 0.1) is 18.0 Å². The zero-order chi connectivity index (χ0) is 13.5. The predicted molar refractivity (Wildman–Crippen MR) is 77.9 cm³/mol. The molecule has 1 aromatic carbocycles. The second-order valence-electron chi connectivity index (χ2n) is 3.73. The number of hydrogen-bond donors (Lipinski definition) is 2. The van der Waals surface area contributed by atoms with Gasteiger partial charge in [-0.2, -0.15) is 0 Å². The van der Waals surface area contributed by atoms with Gasteiger partial charge in [0.15, 0.2) is 5.13 Å². The Balaban J connectivity index is 1.92. The van der Waals surface area contributed by atoms with Crippen molar-refractivity contribution in [2.45, 2.75) is 0 Å². The Bertz CT molecular complexity index is 586. The third-order valence-corrected chi connectivity index (χ3v) is 3.36. The minimum absolute atomic E-state index is 0.144. The quantitative estimate of drug-likeness (QED) is 0.818. The molecule has 0 spiro atoms. The maximum atomic E-state index is 11.4.